The molecule has 116 valence electrons. The van der Waals surface area contributed by atoms with E-state index in [0.29, 0.717) is 11.3 Å². The van der Waals surface area contributed by atoms with Crippen molar-refractivity contribution in [2.45, 2.75) is 4.90 Å². The Balaban J connectivity index is 2.10. The van der Waals surface area contributed by atoms with Crippen molar-refractivity contribution in [1.29, 1.82) is 0 Å². The van der Waals surface area contributed by atoms with E-state index in [1.807, 2.05) is 0 Å². The van der Waals surface area contributed by atoms with Crippen molar-refractivity contribution in [2.24, 2.45) is 0 Å². The van der Waals surface area contributed by atoms with Gasteiger partial charge < -0.3 is 5.11 Å². The summed E-state index contributed by atoms with van der Waals surface area (Å²) in [5, 5.41) is 8.43. The van der Waals surface area contributed by atoms with Crippen molar-refractivity contribution in [2.75, 3.05) is 4.72 Å². The van der Waals surface area contributed by atoms with Gasteiger partial charge in [0.25, 0.3) is 10.0 Å². The molecule has 0 saturated heterocycles. The largest absolute Gasteiger partial charge is 0.478 e. The van der Waals surface area contributed by atoms with Gasteiger partial charge in [0, 0.05) is 17.3 Å². The molecule has 0 heterocycles. The molecule has 0 aromatic heterocycles. The van der Waals surface area contributed by atoms with Crippen molar-refractivity contribution in [3.63, 3.8) is 0 Å². The number of sulfonamides is 1. The molecule has 0 unspecified atom stereocenters. The van der Waals surface area contributed by atoms with Crippen LogP contribution in [-0.2, 0) is 14.8 Å². The van der Waals surface area contributed by atoms with E-state index in [-0.39, 0.29) is 4.90 Å². The third-order valence-electron chi connectivity index (χ3n) is 2.72. The average molecular weight is 327 g/mol. The topological polar surface area (TPSA) is 83.5 Å². The highest BCUT2D eigenvalue weighted by Crippen LogP contribution is 2.16. The van der Waals surface area contributed by atoms with Crippen LogP contribution in [0.1, 0.15) is 5.56 Å². The standard InChI is InChI=1S/C17H13NO4S/c19-17(20)9-5-4-6-14-10-12-15(13-11-14)18-23(21,22)16-7-2-1-3-8-16/h1-3,5,7-13,18H,(H,19,20). The fourth-order valence-electron chi connectivity index (χ4n) is 1.67. The predicted octanol–water partition coefficient (Wildman–Crippen LogP) is 2.48. The van der Waals surface area contributed by atoms with Crippen molar-refractivity contribution >= 4 is 21.7 Å². The minimum absolute atomic E-state index is 0.183. The molecule has 2 aromatic rings. The van der Waals surface area contributed by atoms with Gasteiger partial charge in [-0.25, -0.2) is 13.2 Å². The molecule has 2 N–H and O–H groups in total. The zero-order valence-corrected chi connectivity index (χ0v) is 12.7. The smallest absolute Gasteiger partial charge is 0.328 e. The maximum atomic E-state index is 12.2. The SMILES string of the molecule is O=C(O)C=CC#Cc1ccc(NS(=O)(=O)c2ccccc2)cc1. The molecule has 0 aliphatic carbocycles. The molecule has 0 bridgehead atoms. The summed E-state index contributed by atoms with van der Waals surface area (Å²) in [6.45, 7) is 0. The van der Waals surface area contributed by atoms with E-state index >= 15 is 0 Å². The average Bonchev–Trinajstić information content (AvgIpc) is 2.53. The maximum absolute atomic E-state index is 12.2. The van der Waals surface area contributed by atoms with Crippen LogP contribution in [-0.4, -0.2) is 19.5 Å². The number of rotatable bonds is 4. The second-order valence-electron chi connectivity index (χ2n) is 4.44. The number of aliphatic carboxylic acids is 1. The van der Waals surface area contributed by atoms with Crippen LogP contribution in [0.4, 0.5) is 5.69 Å². The Morgan fingerprint density at radius 3 is 2.30 bits per heavy atom. The number of nitrogens with one attached hydrogen (secondary N) is 1. The number of carbonyl (C=O) groups is 1. The molecule has 6 heteroatoms. The third kappa shape index (κ3) is 5.02. The van der Waals surface area contributed by atoms with Gasteiger partial charge in [-0.2, -0.15) is 0 Å². The van der Waals surface area contributed by atoms with Gasteiger partial charge in [0.1, 0.15) is 0 Å². The first-order valence-electron chi connectivity index (χ1n) is 6.56. The number of hydrogen-bond acceptors (Lipinski definition) is 3. The molecule has 5 nitrogen and oxygen atoms in total. The Bertz CT molecular complexity index is 874. The van der Waals surface area contributed by atoms with E-state index in [2.05, 4.69) is 16.6 Å². The lowest BCUT2D eigenvalue weighted by molar-refractivity contribution is -0.131. The highest BCUT2D eigenvalue weighted by molar-refractivity contribution is 7.92. The van der Waals surface area contributed by atoms with Crippen LogP contribution in [0, 0.1) is 11.8 Å². The number of carboxylic acid groups (broad SMARTS) is 1. The highest BCUT2D eigenvalue weighted by atomic mass is 32.2. The molecule has 0 amide bonds. The summed E-state index contributed by atoms with van der Waals surface area (Å²) in [5.74, 6) is 4.26. The van der Waals surface area contributed by atoms with Crippen molar-refractivity contribution in [3.8, 4) is 11.8 Å². The number of allylic oxidation sites excluding steroid dienone is 1. The zero-order valence-electron chi connectivity index (χ0n) is 11.9. The molecular weight excluding hydrogens is 314 g/mol. The van der Waals surface area contributed by atoms with Gasteiger partial charge in [0.15, 0.2) is 0 Å². The lowest BCUT2D eigenvalue weighted by Gasteiger charge is -2.07. The zero-order chi connectivity index (χ0) is 16.7. The lowest BCUT2D eigenvalue weighted by Crippen LogP contribution is -2.12. The Morgan fingerprint density at radius 2 is 1.70 bits per heavy atom. The highest BCUT2D eigenvalue weighted by Gasteiger charge is 2.12. The van der Waals surface area contributed by atoms with Crippen LogP contribution in [0.5, 0.6) is 0 Å². The van der Waals surface area contributed by atoms with Crippen LogP contribution >= 0.6 is 0 Å². The van der Waals surface area contributed by atoms with Gasteiger partial charge in [0.05, 0.1) is 4.90 Å². The van der Waals surface area contributed by atoms with Crippen molar-refractivity contribution < 1.29 is 18.3 Å². The molecular formula is C17H13NO4S. The molecule has 0 spiro atoms. The lowest BCUT2D eigenvalue weighted by atomic mass is 10.2. The molecule has 0 radical (unpaired) electrons. The monoisotopic (exact) mass is 327 g/mol. The molecule has 23 heavy (non-hydrogen) atoms. The molecule has 2 aromatic carbocycles. The Hall–Kier alpha value is -3.04. The van der Waals surface area contributed by atoms with Crippen LogP contribution in [0.25, 0.3) is 0 Å². The summed E-state index contributed by atoms with van der Waals surface area (Å²) in [4.78, 5) is 10.5. The second-order valence-corrected chi connectivity index (χ2v) is 6.12. The van der Waals surface area contributed by atoms with Gasteiger partial charge >= 0.3 is 5.97 Å². The molecule has 0 atom stereocenters. The molecule has 0 aliphatic heterocycles. The van der Waals surface area contributed by atoms with Gasteiger partial charge in [-0.3, -0.25) is 4.72 Å². The Labute approximate surface area is 134 Å². The second kappa shape index (κ2) is 7.29. The van der Waals surface area contributed by atoms with E-state index in [0.717, 1.165) is 6.08 Å². The number of carboxylic acids is 1. The van der Waals surface area contributed by atoms with E-state index in [1.165, 1.54) is 18.2 Å². The summed E-state index contributed by atoms with van der Waals surface area (Å²) in [7, 11) is -3.62. The summed E-state index contributed by atoms with van der Waals surface area (Å²) in [6.07, 6.45) is 2.17. The Kier molecular flexibility index (Phi) is 5.18. The van der Waals surface area contributed by atoms with Crippen LogP contribution in [0.3, 0.4) is 0 Å². The van der Waals surface area contributed by atoms with Crippen molar-refractivity contribution in [3.05, 3.63) is 72.3 Å². The van der Waals surface area contributed by atoms with Gasteiger partial charge in [0.2, 0.25) is 0 Å². The van der Waals surface area contributed by atoms with E-state index in [4.69, 9.17) is 5.11 Å². The fourth-order valence-corrected chi connectivity index (χ4v) is 2.75. The fraction of sp³-hybridized carbons (Fsp3) is 0. The van der Waals surface area contributed by atoms with E-state index < -0.39 is 16.0 Å². The van der Waals surface area contributed by atoms with Gasteiger partial charge in [-0.1, -0.05) is 30.0 Å². The van der Waals surface area contributed by atoms with Gasteiger partial charge in [-0.15, -0.1) is 0 Å². The predicted molar refractivity (Wildman–Crippen MR) is 87.3 cm³/mol. The summed E-state index contributed by atoms with van der Waals surface area (Å²) in [5.41, 5.74) is 1.06. The Morgan fingerprint density at radius 1 is 1.04 bits per heavy atom. The third-order valence-corrected chi connectivity index (χ3v) is 4.11. The molecule has 2 rings (SSSR count). The normalized spacial score (nSPS) is 10.8. The molecule has 0 aliphatic rings. The van der Waals surface area contributed by atoms with Gasteiger partial charge in [-0.05, 0) is 42.5 Å². The minimum Gasteiger partial charge on any atom is -0.478 e. The first-order valence-corrected chi connectivity index (χ1v) is 8.05. The maximum Gasteiger partial charge on any atom is 0.328 e. The summed E-state index contributed by atoms with van der Waals surface area (Å²) < 4.78 is 26.8. The number of anilines is 1. The first-order chi connectivity index (χ1) is 11.0. The summed E-state index contributed by atoms with van der Waals surface area (Å²) >= 11 is 0. The van der Waals surface area contributed by atoms with Crippen LogP contribution in [0.15, 0.2) is 71.6 Å². The van der Waals surface area contributed by atoms with E-state index in [9.17, 15) is 13.2 Å². The van der Waals surface area contributed by atoms with Crippen molar-refractivity contribution in [1.82, 2.24) is 0 Å². The van der Waals surface area contributed by atoms with Crippen LogP contribution < -0.4 is 4.72 Å². The minimum atomic E-state index is -3.62. The quantitative estimate of drug-likeness (QED) is 0.667. The summed E-state index contributed by atoms with van der Waals surface area (Å²) in [6, 6.07) is 14.5. The number of hydrogen-bond donors (Lipinski definition) is 2. The number of benzene rings is 2. The molecule has 0 fully saturated rings. The first kappa shape index (κ1) is 16.3. The van der Waals surface area contributed by atoms with E-state index in [1.54, 1.807) is 42.5 Å². The molecule has 0 saturated carbocycles. The van der Waals surface area contributed by atoms with Crippen LogP contribution in [0.2, 0.25) is 0 Å².